The maximum Gasteiger partial charge on any atom is 0.247 e. The second-order valence-electron chi connectivity index (χ2n) is 6.47. The molecule has 0 radical (unpaired) electrons. The molecular formula is C21H16ClN3O2S2. The molecule has 4 rings (SSSR count). The van der Waals surface area contributed by atoms with Crippen LogP contribution in [0.15, 0.2) is 70.9 Å². The van der Waals surface area contributed by atoms with Crippen LogP contribution >= 0.6 is 22.9 Å². The van der Waals surface area contributed by atoms with E-state index in [1.807, 2.05) is 61.5 Å². The first-order valence-electron chi connectivity index (χ1n) is 8.65. The number of thiophene rings is 1. The Bertz CT molecular complexity index is 1300. The van der Waals surface area contributed by atoms with Crippen LogP contribution in [0.4, 0.5) is 0 Å². The maximum atomic E-state index is 11.6. The Balaban J connectivity index is 1.75. The van der Waals surface area contributed by atoms with Crippen LogP contribution in [0.2, 0.25) is 5.02 Å². The van der Waals surface area contributed by atoms with Gasteiger partial charge in [0.2, 0.25) is 10.0 Å². The Kier molecular flexibility index (Phi) is 5.23. The minimum Gasteiger partial charge on any atom is -0.233 e. The molecule has 0 bridgehead atoms. The lowest BCUT2D eigenvalue weighted by Gasteiger charge is -2.08. The molecule has 0 unspecified atom stereocenters. The van der Waals surface area contributed by atoms with E-state index in [0.717, 1.165) is 44.3 Å². The van der Waals surface area contributed by atoms with Crippen molar-refractivity contribution in [1.29, 1.82) is 0 Å². The highest BCUT2D eigenvalue weighted by Crippen LogP contribution is 2.32. The highest BCUT2D eigenvalue weighted by molar-refractivity contribution is 7.91. The van der Waals surface area contributed by atoms with Crippen molar-refractivity contribution in [3.05, 3.63) is 77.4 Å². The molecule has 0 saturated carbocycles. The van der Waals surface area contributed by atoms with Gasteiger partial charge in [0.1, 0.15) is 4.21 Å². The largest absolute Gasteiger partial charge is 0.247 e. The summed E-state index contributed by atoms with van der Waals surface area (Å²) in [7, 11) is -3.71. The lowest BCUT2D eigenvalue weighted by atomic mass is 10.1. The number of nitrogens with two attached hydrogens (primary N) is 1. The fourth-order valence-electron chi connectivity index (χ4n) is 2.91. The zero-order valence-electron chi connectivity index (χ0n) is 15.3. The van der Waals surface area contributed by atoms with Crippen molar-refractivity contribution in [2.24, 2.45) is 5.14 Å². The van der Waals surface area contributed by atoms with Crippen LogP contribution in [0, 0.1) is 6.92 Å². The van der Waals surface area contributed by atoms with E-state index in [1.165, 1.54) is 6.07 Å². The molecule has 0 atom stereocenters. The van der Waals surface area contributed by atoms with Crippen LogP contribution in [0.3, 0.4) is 0 Å². The third kappa shape index (κ3) is 4.38. The van der Waals surface area contributed by atoms with Gasteiger partial charge in [0, 0.05) is 26.7 Å². The van der Waals surface area contributed by atoms with Gasteiger partial charge in [-0.25, -0.2) is 23.5 Å². The van der Waals surface area contributed by atoms with Gasteiger partial charge in [-0.1, -0.05) is 41.9 Å². The van der Waals surface area contributed by atoms with Crippen molar-refractivity contribution in [3.63, 3.8) is 0 Å². The average molecular weight is 442 g/mol. The normalized spacial score (nSPS) is 11.6. The molecule has 0 spiro atoms. The quantitative estimate of drug-likeness (QED) is 0.474. The van der Waals surface area contributed by atoms with Gasteiger partial charge in [0.25, 0.3) is 0 Å². The summed E-state index contributed by atoms with van der Waals surface area (Å²) in [4.78, 5) is 10.1. The Morgan fingerprint density at radius 2 is 1.62 bits per heavy atom. The molecule has 0 aliphatic rings. The number of primary sulfonamides is 1. The minimum atomic E-state index is -3.71. The number of benzene rings is 2. The Morgan fingerprint density at radius 3 is 2.31 bits per heavy atom. The lowest BCUT2D eigenvalue weighted by Crippen LogP contribution is -2.09. The predicted molar refractivity (Wildman–Crippen MR) is 117 cm³/mol. The molecule has 146 valence electrons. The number of sulfonamides is 1. The standard InChI is InChI=1S/C21H16ClN3O2S2/c1-13-11-18(14-5-7-17(22)8-6-14)25-21(24-13)16-4-2-3-15(12-16)19-9-10-20(28-19)29(23,26)27/h2-12H,1H3,(H2,23,26,27). The summed E-state index contributed by atoms with van der Waals surface area (Å²) < 4.78 is 23.2. The third-order valence-electron chi connectivity index (χ3n) is 4.26. The van der Waals surface area contributed by atoms with Gasteiger partial charge in [0.15, 0.2) is 5.82 Å². The summed E-state index contributed by atoms with van der Waals surface area (Å²) in [5.74, 6) is 0.597. The molecule has 5 nitrogen and oxygen atoms in total. The number of halogens is 1. The molecular weight excluding hydrogens is 426 g/mol. The Labute approximate surface area is 177 Å². The van der Waals surface area contributed by atoms with Gasteiger partial charge in [-0.3, -0.25) is 0 Å². The molecule has 0 aliphatic heterocycles. The number of rotatable bonds is 4. The summed E-state index contributed by atoms with van der Waals surface area (Å²) in [5, 5.41) is 5.89. The van der Waals surface area contributed by atoms with Crippen LogP contribution in [-0.2, 0) is 10.0 Å². The van der Waals surface area contributed by atoms with Gasteiger partial charge < -0.3 is 0 Å². The molecule has 29 heavy (non-hydrogen) atoms. The summed E-state index contributed by atoms with van der Waals surface area (Å²) in [6.45, 7) is 1.92. The Morgan fingerprint density at radius 1 is 0.897 bits per heavy atom. The molecule has 0 saturated heterocycles. The lowest BCUT2D eigenvalue weighted by molar-refractivity contribution is 0.600. The van der Waals surface area contributed by atoms with Gasteiger partial charge >= 0.3 is 0 Å². The second-order valence-corrected chi connectivity index (χ2v) is 9.78. The topological polar surface area (TPSA) is 85.9 Å². The van der Waals surface area contributed by atoms with Gasteiger partial charge in [0.05, 0.1) is 5.69 Å². The van der Waals surface area contributed by atoms with E-state index in [-0.39, 0.29) is 4.21 Å². The fourth-order valence-corrected chi connectivity index (χ4v) is 4.76. The average Bonchev–Trinajstić information content (AvgIpc) is 3.19. The summed E-state index contributed by atoms with van der Waals surface area (Å²) >= 11 is 7.12. The SMILES string of the molecule is Cc1cc(-c2ccc(Cl)cc2)nc(-c2cccc(-c3ccc(S(N)(=O)=O)s3)c2)n1. The van der Waals surface area contributed by atoms with Crippen LogP contribution in [0.1, 0.15) is 5.69 Å². The first kappa shape index (κ1) is 19.7. The van der Waals surface area contributed by atoms with E-state index in [1.54, 1.807) is 6.07 Å². The monoisotopic (exact) mass is 441 g/mol. The zero-order valence-corrected chi connectivity index (χ0v) is 17.7. The predicted octanol–water partition coefficient (Wildman–Crippen LogP) is 5.15. The molecule has 2 N–H and O–H groups in total. The fraction of sp³-hybridized carbons (Fsp3) is 0.0476. The van der Waals surface area contributed by atoms with E-state index >= 15 is 0 Å². The van der Waals surface area contributed by atoms with E-state index in [4.69, 9.17) is 21.7 Å². The molecule has 0 aliphatic carbocycles. The molecule has 2 aromatic heterocycles. The summed E-state index contributed by atoms with van der Waals surface area (Å²) in [6, 6.07) is 20.4. The van der Waals surface area contributed by atoms with Crippen LogP contribution in [0.5, 0.6) is 0 Å². The third-order valence-corrected chi connectivity index (χ3v) is 7.09. The van der Waals surface area contributed by atoms with Crippen molar-refractivity contribution < 1.29 is 8.42 Å². The van der Waals surface area contributed by atoms with Gasteiger partial charge in [-0.15, -0.1) is 11.3 Å². The van der Waals surface area contributed by atoms with Crippen LogP contribution in [0.25, 0.3) is 33.1 Å². The number of hydrogen-bond donors (Lipinski definition) is 1. The summed E-state index contributed by atoms with van der Waals surface area (Å²) in [5.41, 5.74) is 4.32. The van der Waals surface area contributed by atoms with Crippen molar-refractivity contribution in [1.82, 2.24) is 9.97 Å². The van der Waals surface area contributed by atoms with E-state index in [9.17, 15) is 8.42 Å². The van der Waals surface area contributed by atoms with Crippen LogP contribution in [-0.4, -0.2) is 18.4 Å². The van der Waals surface area contributed by atoms with Gasteiger partial charge in [-0.05, 0) is 48.9 Å². The number of aryl methyl sites for hydroxylation is 1. The summed E-state index contributed by atoms with van der Waals surface area (Å²) in [6.07, 6.45) is 0. The molecule has 2 heterocycles. The number of hydrogen-bond acceptors (Lipinski definition) is 5. The first-order chi connectivity index (χ1) is 13.8. The Hall–Kier alpha value is -2.58. The molecule has 0 amide bonds. The molecule has 2 aromatic carbocycles. The van der Waals surface area contributed by atoms with Crippen LogP contribution < -0.4 is 5.14 Å². The van der Waals surface area contributed by atoms with E-state index in [2.05, 4.69) is 4.98 Å². The number of nitrogens with zero attached hydrogens (tertiary/aromatic N) is 2. The number of aromatic nitrogens is 2. The van der Waals surface area contributed by atoms with E-state index < -0.39 is 10.0 Å². The maximum absolute atomic E-state index is 11.6. The van der Waals surface area contributed by atoms with Crippen molar-refractivity contribution in [2.45, 2.75) is 11.1 Å². The highest BCUT2D eigenvalue weighted by Gasteiger charge is 2.13. The zero-order chi connectivity index (χ0) is 20.6. The minimum absolute atomic E-state index is 0.134. The molecule has 8 heteroatoms. The second kappa shape index (κ2) is 7.68. The van der Waals surface area contributed by atoms with Crippen molar-refractivity contribution in [2.75, 3.05) is 0 Å². The van der Waals surface area contributed by atoms with Crippen molar-refractivity contribution >= 4 is 33.0 Å². The van der Waals surface area contributed by atoms with E-state index in [0.29, 0.717) is 10.8 Å². The molecule has 0 fully saturated rings. The van der Waals surface area contributed by atoms with Gasteiger partial charge in [-0.2, -0.15) is 0 Å². The smallest absolute Gasteiger partial charge is 0.233 e. The highest BCUT2D eigenvalue weighted by atomic mass is 35.5. The first-order valence-corrected chi connectivity index (χ1v) is 11.4. The van der Waals surface area contributed by atoms with Crippen molar-refractivity contribution in [3.8, 4) is 33.1 Å². The molecule has 4 aromatic rings.